The second kappa shape index (κ2) is 5.82. The molecule has 0 saturated heterocycles. The lowest BCUT2D eigenvalue weighted by molar-refractivity contribution is -0.142. The molecule has 4 rings (SSSR count). The van der Waals surface area contributed by atoms with Crippen molar-refractivity contribution >= 4 is 39.9 Å². The Balaban J connectivity index is 1.97. The number of rotatable bonds is 1. The Morgan fingerprint density at radius 3 is 2.42 bits per heavy atom. The van der Waals surface area contributed by atoms with Crippen LogP contribution in [-0.2, 0) is 6.18 Å². The van der Waals surface area contributed by atoms with Crippen molar-refractivity contribution in [3.05, 3.63) is 57.8 Å². The molecule has 26 heavy (non-hydrogen) atoms. The van der Waals surface area contributed by atoms with E-state index in [0.29, 0.717) is 26.7 Å². The Morgan fingerprint density at radius 1 is 0.962 bits per heavy atom. The molecular weight excluding hydrogens is 388 g/mol. The van der Waals surface area contributed by atoms with Crippen LogP contribution in [0.15, 0.2) is 36.4 Å². The van der Waals surface area contributed by atoms with Gasteiger partial charge >= 0.3 is 6.18 Å². The zero-order chi connectivity index (χ0) is 18.6. The van der Waals surface area contributed by atoms with Gasteiger partial charge in [-0.1, -0.05) is 29.3 Å². The van der Waals surface area contributed by atoms with Gasteiger partial charge in [0, 0.05) is 11.3 Å². The average Bonchev–Trinajstić information content (AvgIpc) is 2.93. The minimum absolute atomic E-state index is 0.112. The first-order valence-corrected chi connectivity index (χ1v) is 8.19. The predicted molar refractivity (Wildman–Crippen MR) is 93.5 cm³/mol. The monoisotopic (exact) mass is 396 g/mol. The number of fused-ring (bicyclic) bond motifs is 3. The maximum atomic E-state index is 13.3. The zero-order valence-corrected chi connectivity index (χ0v) is 14.7. The molecule has 1 aromatic carbocycles. The second-order valence-corrected chi connectivity index (χ2v) is 6.53. The Kier molecular flexibility index (Phi) is 3.82. The molecular formula is C17H9Cl2F3N4. The number of benzene rings is 1. The lowest BCUT2D eigenvalue weighted by atomic mass is 10.1. The number of hydrogen-bond acceptors (Lipinski definition) is 3. The molecule has 0 radical (unpaired) electrons. The van der Waals surface area contributed by atoms with Gasteiger partial charge < -0.3 is 0 Å². The SMILES string of the molecule is Cc1cc(C(F)(F)F)n2nc3nc(-c4ccc(Cl)c(Cl)c4)ccc3c2n1. The highest BCUT2D eigenvalue weighted by Crippen LogP contribution is 2.32. The van der Waals surface area contributed by atoms with Gasteiger partial charge in [-0.05, 0) is 37.3 Å². The highest BCUT2D eigenvalue weighted by molar-refractivity contribution is 6.42. The normalized spacial score (nSPS) is 12.2. The van der Waals surface area contributed by atoms with Crippen LogP contribution in [0.3, 0.4) is 0 Å². The van der Waals surface area contributed by atoms with Crippen molar-refractivity contribution in [3.8, 4) is 11.3 Å². The van der Waals surface area contributed by atoms with Crippen LogP contribution < -0.4 is 0 Å². The minimum atomic E-state index is -4.56. The summed E-state index contributed by atoms with van der Waals surface area (Å²) >= 11 is 11.9. The Morgan fingerprint density at radius 2 is 1.73 bits per heavy atom. The van der Waals surface area contributed by atoms with Crippen molar-refractivity contribution in [3.63, 3.8) is 0 Å². The number of hydrogen-bond donors (Lipinski definition) is 0. The molecule has 0 aliphatic carbocycles. The van der Waals surface area contributed by atoms with Gasteiger partial charge in [-0.2, -0.15) is 13.2 Å². The van der Waals surface area contributed by atoms with E-state index in [1.165, 1.54) is 6.92 Å². The van der Waals surface area contributed by atoms with Crippen molar-refractivity contribution in [2.75, 3.05) is 0 Å². The molecule has 0 aliphatic heterocycles. The van der Waals surface area contributed by atoms with E-state index >= 15 is 0 Å². The Labute approximate surface area is 155 Å². The van der Waals surface area contributed by atoms with E-state index in [0.717, 1.165) is 10.6 Å². The summed E-state index contributed by atoms with van der Waals surface area (Å²) in [6.45, 7) is 1.51. The molecule has 0 saturated carbocycles. The molecule has 3 heterocycles. The largest absolute Gasteiger partial charge is 0.433 e. The molecule has 4 nitrogen and oxygen atoms in total. The summed E-state index contributed by atoms with van der Waals surface area (Å²) in [6.07, 6.45) is -4.56. The molecule has 0 amide bonds. The molecule has 3 aromatic heterocycles. The average molecular weight is 397 g/mol. The lowest BCUT2D eigenvalue weighted by Gasteiger charge is -2.08. The molecule has 0 unspecified atom stereocenters. The van der Waals surface area contributed by atoms with Gasteiger partial charge in [0.05, 0.1) is 21.1 Å². The smallest absolute Gasteiger partial charge is 0.233 e. The third kappa shape index (κ3) is 2.77. The van der Waals surface area contributed by atoms with Crippen molar-refractivity contribution in [1.82, 2.24) is 19.6 Å². The number of pyridine rings is 1. The van der Waals surface area contributed by atoms with E-state index in [4.69, 9.17) is 23.2 Å². The van der Waals surface area contributed by atoms with Crippen LogP contribution in [0.2, 0.25) is 10.0 Å². The van der Waals surface area contributed by atoms with Crippen LogP contribution >= 0.6 is 23.2 Å². The molecule has 0 aliphatic rings. The summed E-state index contributed by atoms with van der Waals surface area (Å²) in [5, 5.41) is 5.21. The first-order valence-electron chi connectivity index (χ1n) is 7.44. The standard InChI is InChI=1S/C17H9Cl2F3N4/c1-8-6-14(17(20,21)22)26-16(23-8)10-3-5-13(24-15(10)25-26)9-2-4-11(18)12(19)7-9/h2-7H,1H3. The van der Waals surface area contributed by atoms with E-state index in [1.54, 1.807) is 30.3 Å². The topological polar surface area (TPSA) is 43.1 Å². The highest BCUT2D eigenvalue weighted by Gasteiger charge is 2.35. The van der Waals surface area contributed by atoms with Crippen LogP contribution in [0.1, 0.15) is 11.4 Å². The third-order valence-corrected chi connectivity index (χ3v) is 4.61. The summed E-state index contributed by atoms with van der Waals surface area (Å²) in [7, 11) is 0. The second-order valence-electron chi connectivity index (χ2n) is 5.71. The van der Waals surface area contributed by atoms with E-state index in [1.807, 2.05) is 0 Å². The Bertz CT molecular complexity index is 1170. The molecule has 132 valence electrons. The van der Waals surface area contributed by atoms with Crippen LogP contribution in [0, 0.1) is 6.92 Å². The van der Waals surface area contributed by atoms with Crippen LogP contribution in [0.4, 0.5) is 13.2 Å². The van der Waals surface area contributed by atoms with Crippen molar-refractivity contribution in [2.45, 2.75) is 13.1 Å². The van der Waals surface area contributed by atoms with Gasteiger partial charge in [0.2, 0.25) is 0 Å². The van der Waals surface area contributed by atoms with Crippen molar-refractivity contribution in [1.29, 1.82) is 0 Å². The summed E-state index contributed by atoms with van der Waals surface area (Å²) in [4.78, 5) is 8.55. The van der Waals surface area contributed by atoms with Crippen molar-refractivity contribution < 1.29 is 13.2 Å². The number of aryl methyl sites for hydroxylation is 1. The molecule has 0 fully saturated rings. The van der Waals surface area contributed by atoms with E-state index in [-0.39, 0.29) is 17.0 Å². The first-order chi connectivity index (χ1) is 12.2. The molecule has 0 N–H and O–H groups in total. The van der Waals surface area contributed by atoms with Gasteiger partial charge in [-0.3, -0.25) is 0 Å². The van der Waals surface area contributed by atoms with Gasteiger partial charge in [0.25, 0.3) is 0 Å². The van der Waals surface area contributed by atoms with Gasteiger partial charge in [0.15, 0.2) is 11.3 Å². The van der Waals surface area contributed by atoms with Gasteiger partial charge in [-0.25, -0.2) is 14.5 Å². The van der Waals surface area contributed by atoms with Crippen LogP contribution in [-0.4, -0.2) is 19.6 Å². The molecule has 0 spiro atoms. The molecule has 0 atom stereocenters. The summed E-state index contributed by atoms with van der Waals surface area (Å²) in [5.74, 6) is 0. The minimum Gasteiger partial charge on any atom is -0.233 e. The maximum Gasteiger partial charge on any atom is 0.433 e. The number of aromatic nitrogens is 4. The van der Waals surface area contributed by atoms with E-state index < -0.39 is 11.9 Å². The van der Waals surface area contributed by atoms with Gasteiger partial charge in [-0.15, -0.1) is 5.10 Å². The Hall–Kier alpha value is -2.38. The van der Waals surface area contributed by atoms with Crippen molar-refractivity contribution in [2.24, 2.45) is 0 Å². The maximum absolute atomic E-state index is 13.3. The zero-order valence-electron chi connectivity index (χ0n) is 13.1. The summed E-state index contributed by atoms with van der Waals surface area (Å²) in [5.41, 5.74) is 0.829. The quantitative estimate of drug-likeness (QED) is 0.421. The predicted octanol–water partition coefficient (Wildman–Crippen LogP) is 5.58. The summed E-state index contributed by atoms with van der Waals surface area (Å²) < 4.78 is 40.7. The summed E-state index contributed by atoms with van der Waals surface area (Å²) in [6, 6.07) is 9.27. The van der Waals surface area contributed by atoms with E-state index in [9.17, 15) is 13.2 Å². The molecule has 0 bridgehead atoms. The number of halogens is 5. The number of alkyl halides is 3. The fraction of sp³-hybridized carbons (Fsp3) is 0.118. The van der Waals surface area contributed by atoms with Crippen LogP contribution in [0.25, 0.3) is 27.9 Å². The van der Waals surface area contributed by atoms with Gasteiger partial charge in [0.1, 0.15) is 5.69 Å². The fourth-order valence-electron chi connectivity index (χ4n) is 2.71. The lowest BCUT2D eigenvalue weighted by Crippen LogP contribution is -2.13. The first kappa shape index (κ1) is 17.1. The molecule has 9 heteroatoms. The third-order valence-electron chi connectivity index (χ3n) is 3.87. The highest BCUT2D eigenvalue weighted by atomic mass is 35.5. The van der Waals surface area contributed by atoms with Crippen LogP contribution in [0.5, 0.6) is 0 Å². The fourth-order valence-corrected chi connectivity index (χ4v) is 3.01. The van der Waals surface area contributed by atoms with E-state index in [2.05, 4.69) is 15.1 Å². The molecule has 4 aromatic rings. The number of nitrogens with zero attached hydrogens (tertiary/aromatic N) is 4.